The van der Waals surface area contributed by atoms with Gasteiger partial charge in [0.25, 0.3) is 0 Å². The molecule has 5 nitrogen and oxygen atoms in total. The largest absolute Gasteiger partial charge is 0.478 e. The van der Waals surface area contributed by atoms with Gasteiger partial charge in [-0.1, -0.05) is 13.8 Å². The van der Waals surface area contributed by atoms with Crippen LogP contribution in [-0.2, 0) is 4.79 Å². The molecule has 0 heterocycles. The lowest BCUT2D eigenvalue weighted by Crippen LogP contribution is -2.33. The molecule has 1 unspecified atom stereocenters. The van der Waals surface area contributed by atoms with Crippen LogP contribution >= 0.6 is 0 Å². The average Bonchev–Trinajstić information content (AvgIpc) is 2.31. The molecular formula is C13H17FN2O3. The van der Waals surface area contributed by atoms with E-state index in [1.807, 2.05) is 13.8 Å². The Balaban J connectivity index is 2.95. The first-order valence-corrected chi connectivity index (χ1v) is 5.90. The van der Waals surface area contributed by atoms with Crippen molar-refractivity contribution in [1.82, 2.24) is 0 Å². The van der Waals surface area contributed by atoms with E-state index in [2.05, 4.69) is 5.32 Å². The summed E-state index contributed by atoms with van der Waals surface area (Å²) in [6.07, 6.45) is 0. The molecule has 19 heavy (non-hydrogen) atoms. The number of hydrogen-bond donors (Lipinski definition) is 3. The van der Waals surface area contributed by atoms with Gasteiger partial charge in [0.2, 0.25) is 5.91 Å². The van der Waals surface area contributed by atoms with Crippen LogP contribution in [-0.4, -0.2) is 23.5 Å². The summed E-state index contributed by atoms with van der Waals surface area (Å²) in [5.74, 6) is -2.73. The highest BCUT2D eigenvalue weighted by Gasteiger charge is 2.21. The molecule has 1 aromatic rings. The van der Waals surface area contributed by atoms with E-state index < -0.39 is 23.6 Å². The van der Waals surface area contributed by atoms with Crippen LogP contribution in [0, 0.1) is 17.7 Å². The highest BCUT2D eigenvalue weighted by atomic mass is 19.1. The minimum Gasteiger partial charge on any atom is -0.478 e. The van der Waals surface area contributed by atoms with Gasteiger partial charge in [0.1, 0.15) is 5.82 Å². The van der Waals surface area contributed by atoms with E-state index >= 15 is 0 Å². The summed E-state index contributed by atoms with van der Waals surface area (Å²) in [5.41, 5.74) is 5.25. The maximum Gasteiger partial charge on any atom is 0.335 e. The Morgan fingerprint density at radius 1 is 1.42 bits per heavy atom. The van der Waals surface area contributed by atoms with Crippen LogP contribution in [0.3, 0.4) is 0 Å². The lowest BCUT2D eigenvalue weighted by Gasteiger charge is -2.18. The summed E-state index contributed by atoms with van der Waals surface area (Å²) in [6.45, 7) is 3.81. The Morgan fingerprint density at radius 3 is 2.53 bits per heavy atom. The molecular weight excluding hydrogens is 251 g/mol. The Hall–Kier alpha value is -1.95. The van der Waals surface area contributed by atoms with Gasteiger partial charge < -0.3 is 16.2 Å². The first-order chi connectivity index (χ1) is 8.86. The quantitative estimate of drug-likeness (QED) is 0.757. The molecule has 1 atom stereocenters. The molecule has 6 heteroatoms. The van der Waals surface area contributed by atoms with Crippen molar-refractivity contribution >= 4 is 17.6 Å². The molecule has 104 valence electrons. The normalized spacial score (nSPS) is 12.3. The third-order valence-electron chi connectivity index (χ3n) is 2.87. The first kappa shape index (κ1) is 15.1. The highest BCUT2D eigenvalue weighted by molar-refractivity contribution is 5.95. The van der Waals surface area contributed by atoms with Gasteiger partial charge in [0, 0.05) is 6.54 Å². The molecule has 0 saturated carbocycles. The predicted molar refractivity (Wildman–Crippen MR) is 69.4 cm³/mol. The van der Waals surface area contributed by atoms with E-state index in [4.69, 9.17) is 10.8 Å². The number of carboxylic acid groups (broad SMARTS) is 1. The molecule has 0 saturated heterocycles. The van der Waals surface area contributed by atoms with Crippen molar-refractivity contribution in [2.24, 2.45) is 17.6 Å². The second kappa shape index (κ2) is 6.29. The topological polar surface area (TPSA) is 92.4 Å². The van der Waals surface area contributed by atoms with E-state index in [1.165, 1.54) is 0 Å². The van der Waals surface area contributed by atoms with Crippen molar-refractivity contribution in [3.8, 4) is 0 Å². The average molecular weight is 268 g/mol. The second-order valence-electron chi connectivity index (χ2n) is 4.58. The second-order valence-corrected chi connectivity index (χ2v) is 4.58. The van der Waals surface area contributed by atoms with Crippen LogP contribution in [0.25, 0.3) is 0 Å². The van der Waals surface area contributed by atoms with E-state index in [1.54, 1.807) is 0 Å². The molecule has 0 aromatic heterocycles. The minimum absolute atomic E-state index is 0.00992. The molecule has 0 spiro atoms. The fourth-order valence-corrected chi connectivity index (χ4v) is 1.66. The lowest BCUT2D eigenvalue weighted by molar-refractivity contribution is -0.120. The summed E-state index contributed by atoms with van der Waals surface area (Å²) in [7, 11) is 0. The Kier molecular flexibility index (Phi) is 5.00. The third kappa shape index (κ3) is 3.75. The lowest BCUT2D eigenvalue weighted by atomic mass is 9.95. The van der Waals surface area contributed by atoms with E-state index in [0.29, 0.717) is 0 Å². The van der Waals surface area contributed by atoms with Crippen LogP contribution in [0.1, 0.15) is 24.2 Å². The minimum atomic E-state index is -1.19. The molecule has 0 aliphatic heterocycles. The number of carbonyl (C=O) groups excluding carboxylic acids is 1. The number of anilines is 1. The van der Waals surface area contributed by atoms with E-state index in [9.17, 15) is 14.0 Å². The predicted octanol–water partition coefficient (Wildman–Crippen LogP) is 1.69. The van der Waals surface area contributed by atoms with Crippen molar-refractivity contribution in [3.05, 3.63) is 29.6 Å². The molecule has 4 N–H and O–H groups in total. The number of carbonyl (C=O) groups is 2. The van der Waals surface area contributed by atoms with Gasteiger partial charge >= 0.3 is 5.97 Å². The third-order valence-corrected chi connectivity index (χ3v) is 2.87. The molecule has 1 amide bonds. The number of hydrogen-bond acceptors (Lipinski definition) is 3. The van der Waals surface area contributed by atoms with Crippen LogP contribution < -0.4 is 11.1 Å². The first-order valence-electron chi connectivity index (χ1n) is 5.90. The maximum atomic E-state index is 13.5. The number of nitrogens with two attached hydrogens (primary N) is 1. The van der Waals surface area contributed by atoms with Crippen molar-refractivity contribution in [2.45, 2.75) is 13.8 Å². The van der Waals surface area contributed by atoms with Crippen molar-refractivity contribution in [3.63, 3.8) is 0 Å². The van der Waals surface area contributed by atoms with Crippen LogP contribution in [0.5, 0.6) is 0 Å². The molecule has 0 bridgehead atoms. The Labute approximate surface area is 110 Å². The molecule has 0 aliphatic carbocycles. The van der Waals surface area contributed by atoms with Gasteiger partial charge in [0.15, 0.2) is 0 Å². The number of amides is 1. The summed E-state index contributed by atoms with van der Waals surface area (Å²) >= 11 is 0. The summed E-state index contributed by atoms with van der Waals surface area (Å²) in [6, 6.07) is 3.23. The fourth-order valence-electron chi connectivity index (χ4n) is 1.66. The van der Waals surface area contributed by atoms with Crippen LogP contribution in [0.15, 0.2) is 18.2 Å². The van der Waals surface area contributed by atoms with Gasteiger partial charge in [-0.3, -0.25) is 4.79 Å². The monoisotopic (exact) mass is 268 g/mol. The summed E-state index contributed by atoms with van der Waals surface area (Å²) in [5, 5.41) is 11.2. The fraction of sp³-hybridized carbons (Fsp3) is 0.385. The zero-order valence-electron chi connectivity index (χ0n) is 10.8. The van der Waals surface area contributed by atoms with Gasteiger partial charge in [-0.15, -0.1) is 0 Å². The number of carboxylic acids is 1. The zero-order chi connectivity index (χ0) is 14.6. The smallest absolute Gasteiger partial charge is 0.335 e. The van der Waals surface area contributed by atoms with Gasteiger partial charge in [-0.25, -0.2) is 9.18 Å². The number of rotatable bonds is 5. The number of aromatic carboxylic acids is 1. The molecule has 1 aromatic carbocycles. The molecule has 1 rings (SSSR count). The summed E-state index contributed by atoms with van der Waals surface area (Å²) in [4.78, 5) is 22.7. The van der Waals surface area contributed by atoms with Crippen LogP contribution in [0.4, 0.5) is 10.1 Å². The summed E-state index contributed by atoms with van der Waals surface area (Å²) < 4.78 is 13.5. The van der Waals surface area contributed by atoms with Crippen molar-refractivity contribution in [1.29, 1.82) is 0 Å². The highest BCUT2D eigenvalue weighted by Crippen LogP contribution is 2.19. The van der Waals surface area contributed by atoms with Crippen LogP contribution in [0.2, 0.25) is 0 Å². The number of benzene rings is 1. The molecule has 0 radical (unpaired) electrons. The zero-order valence-corrected chi connectivity index (χ0v) is 10.8. The number of nitrogens with one attached hydrogen (secondary N) is 1. The maximum absolute atomic E-state index is 13.5. The van der Waals surface area contributed by atoms with Gasteiger partial charge in [-0.05, 0) is 24.1 Å². The number of halogens is 1. The van der Waals surface area contributed by atoms with E-state index in [0.717, 1.165) is 18.2 Å². The van der Waals surface area contributed by atoms with Crippen molar-refractivity contribution < 1.29 is 19.1 Å². The van der Waals surface area contributed by atoms with E-state index in [-0.39, 0.29) is 23.7 Å². The standard InChI is InChI=1S/C13H17FN2O3/c1-7(2)9(6-15)12(17)16-11-5-8(13(18)19)3-4-10(11)14/h3-5,7,9H,6,15H2,1-2H3,(H,16,17)(H,18,19). The molecule has 0 fully saturated rings. The Bertz CT molecular complexity index is 489. The van der Waals surface area contributed by atoms with Crippen molar-refractivity contribution in [2.75, 3.05) is 11.9 Å². The molecule has 0 aliphatic rings. The van der Waals surface area contributed by atoms with Gasteiger partial charge in [0.05, 0.1) is 17.2 Å². The SMILES string of the molecule is CC(C)C(CN)C(=O)Nc1cc(C(=O)O)ccc1F. The Morgan fingerprint density at radius 2 is 2.05 bits per heavy atom. The van der Waals surface area contributed by atoms with Gasteiger partial charge in [-0.2, -0.15) is 0 Å².